The zero-order chi connectivity index (χ0) is 23.2. The number of ether oxygens (including phenoxy) is 2. The van der Waals surface area contributed by atoms with Gasteiger partial charge in [0.2, 0.25) is 0 Å². The lowest BCUT2D eigenvalue weighted by Gasteiger charge is -2.61. The third-order valence-corrected chi connectivity index (χ3v) is 10.5. The van der Waals surface area contributed by atoms with Gasteiger partial charge in [0.05, 0.1) is 12.4 Å². The average Bonchev–Trinajstić information content (AvgIpc) is 3.49. The highest BCUT2D eigenvalue weighted by Crippen LogP contribution is 2.78. The van der Waals surface area contributed by atoms with Crippen molar-refractivity contribution in [2.75, 3.05) is 6.61 Å². The van der Waals surface area contributed by atoms with Crippen LogP contribution in [-0.2, 0) is 14.3 Å². The summed E-state index contributed by atoms with van der Waals surface area (Å²) in [7, 11) is 0. The lowest BCUT2D eigenvalue weighted by molar-refractivity contribution is -0.169. The molecule has 0 amide bonds. The number of rotatable bonds is 3. The first kappa shape index (κ1) is 21.8. The Kier molecular flexibility index (Phi) is 4.73. The van der Waals surface area contributed by atoms with Crippen LogP contribution in [0.5, 0.6) is 0 Å². The minimum atomic E-state index is -0.421. The highest BCUT2D eigenvalue weighted by Gasteiger charge is 2.85. The molecule has 10 unspecified atom stereocenters. The molecule has 2 heterocycles. The number of hydrogen-bond donors (Lipinski definition) is 2. The molecule has 4 saturated carbocycles. The Labute approximate surface area is 193 Å². The summed E-state index contributed by atoms with van der Waals surface area (Å²) in [6.45, 7) is 3.85. The molecule has 33 heavy (non-hydrogen) atoms. The van der Waals surface area contributed by atoms with Crippen LogP contribution >= 0.6 is 0 Å². The van der Waals surface area contributed by atoms with Crippen molar-refractivity contribution < 1.29 is 28.9 Å². The molecule has 10 atom stereocenters. The summed E-state index contributed by atoms with van der Waals surface area (Å²) in [5, 5.41) is 21.0. The lowest BCUT2D eigenvalue weighted by Crippen LogP contribution is -2.60. The molecule has 180 valence electrons. The van der Waals surface area contributed by atoms with Crippen LogP contribution in [0, 0.1) is 28.6 Å². The molecule has 1 spiro atoms. The van der Waals surface area contributed by atoms with Crippen LogP contribution in [0.3, 0.4) is 0 Å². The van der Waals surface area contributed by atoms with E-state index in [1.807, 2.05) is 0 Å². The van der Waals surface area contributed by atoms with Crippen LogP contribution in [0.4, 0.5) is 0 Å². The maximum absolute atomic E-state index is 12.1. The fraction of sp³-hybridized carbons (Fsp3) is 0.769. The Morgan fingerprint density at radius 1 is 1.18 bits per heavy atom. The van der Waals surface area contributed by atoms with Gasteiger partial charge in [0.25, 0.3) is 0 Å². The third kappa shape index (κ3) is 2.73. The van der Waals surface area contributed by atoms with Crippen molar-refractivity contribution in [2.45, 2.75) is 88.6 Å². The van der Waals surface area contributed by atoms with Crippen molar-refractivity contribution in [1.29, 1.82) is 0 Å². The molecule has 6 rings (SSSR count). The maximum atomic E-state index is 12.1. The van der Waals surface area contributed by atoms with Crippen molar-refractivity contribution in [2.24, 2.45) is 28.6 Å². The highest BCUT2D eigenvalue weighted by molar-refractivity contribution is 5.66. The summed E-state index contributed by atoms with van der Waals surface area (Å²) in [5.41, 5.74) is -0.350. The predicted molar refractivity (Wildman–Crippen MR) is 117 cm³/mol. The van der Waals surface area contributed by atoms with E-state index in [9.17, 15) is 19.8 Å². The van der Waals surface area contributed by atoms with Crippen molar-refractivity contribution in [3.63, 3.8) is 0 Å². The molecule has 0 radical (unpaired) electrons. The molecule has 5 aliphatic rings. The summed E-state index contributed by atoms with van der Waals surface area (Å²) in [6.07, 6.45) is 6.89. The van der Waals surface area contributed by atoms with E-state index in [0.717, 1.165) is 50.5 Å². The monoisotopic (exact) mass is 458 g/mol. The van der Waals surface area contributed by atoms with Gasteiger partial charge in [-0.25, -0.2) is 4.79 Å². The van der Waals surface area contributed by atoms with Crippen LogP contribution in [-0.4, -0.2) is 46.7 Å². The normalized spacial score (nSPS) is 49.9. The van der Waals surface area contributed by atoms with Gasteiger partial charge >= 0.3 is 11.6 Å². The van der Waals surface area contributed by atoms with Crippen LogP contribution in [0.1, 0.15) is 70.3 Å². The number of esters is 1. The molecule has 0 aromatic carbocycles. The minimum Gasteiger partial charge on any atom is -0.459 e. The molecule has 7 heteroatoms. The standard InChI is InChI=1S/C26H34O7/c1-14(28)32-22-21(15-3-6-20(30)31-12-15)24(2)9-8-18-19(26(24)23(22)33-26)5-4-16-11-17(29)7-10-25(16,18)13-27/h3,6,12,16-19,21-23,27,29H,4-5,7-11,13H2,1-2H3. The molecule has 1 aromatic heterocycles. The van der Waals surface area contributed by atoms with Crippen LogP contribution in [0.2, 0.25) is 0 Å². The molecule has 7 nitrogen and oxygen atoms in total. The van der Waals surface area contributed by atoms with E-state index in [-0.39, 0.29) is 47.4 Å². The van der Waals surface area contributed by atoms with Crippen molar-refractivity contribution >= 4 is 5.97 Å². The number of carbonyl (C=O) groups is 1. The topological polar surface area (TPSA) is 110 Å². The number of carbonyl (C=O) groups excluding carboxylic acids is 1. The molecule has 2 N–H and O–H groups in total. The Bertz CT molecular complexity index is 1000. The fourth-order valence-corrected chi connectivity index (χ4v) is 9.20. The summed E-state index contributed by atoms with van der Waals surface area (Å²) in [4.78, 5) is 23.7. The molecular formula is C26H34O7. The van der Waals surface area contributed by atoms with E-state index in [0.29, 0.717) is 11.8 Å². The van der Waals surface area contributed by atoms with Gasteiger partial charge in [0, 0.05) is 30.9 Å². The zero-order valence-electron chi connectivity index (χ0n) is 19.4. The average molecular weight is 459 g/mol. The molecular weight excluding hydrogens is 424 g/mol. The SMILES string of the molecule is CC(=O)OC1C(c2ccc(=O)oc2)C2(C)CCC3C(CCC4CC(O)CCC43CO)C23OC13. The van der Waals surface area contributed by atoms with Crippen LogP contribution < -0.4 is 5.63 Å². The van der Waals surface area contributed by atoms with Crippen molar-refractivity contribution in [3.8, 4) is 0 Å². The number of hydrogen-bond acceptors (Lipinski definition) is 7. The summed E-state index contributed by atoms with van der Waals surface area (Å²) in [6, 6.07) is 3.24. The third-order valence-electron chi connectivity index (χ3n) is 10.5. The van der Waals surface area contributed by atoms with Gasteiger partial charge in [0.15, 0.2) is 0 Å². The number of epoxide rings is 1. The minimum absolute atomic E-state index is 0.110. The summed E-state index contributed by atoms with van der Waals surface area (Å²) < 4.78 is 17.7. The van der Waals surface area contributed by atoms with Gasteiger partial charge in [-0.15, -0.1) is 0 Å². The Morgan fingerprint density at radius 3 is 2.70 bits per heavy atom. The van der Waals surface area contributed by atoms with E-state index in [1.165, 1.54) is 19.3 Å². The lowest BCUT2D eigenvalue weighted by atomic mass is 9.43. The number of fused-ring (bicyclic) bond motifs is 3. The predicted octanol–water partition coefficient (Wildman–Crippen LogP) is 2.77. The molecule has 1 saturated heterocycles. The van der Waals surface area contributed by atoms with Crippen molar-refractivity contribution in [3.05, 3.63) is 34.4 Å². The van der Waals surface area contributed by atoms with Crippen molar-refractivity contribution in [1.82, 2.24) is 0 Å². The van der Waals surface area contributed by atoms with Gasteiger partial charge in [-0.05, 0) is 79.7 Å². The van der Waals surface area contributed by atoms with Crippen LogP contribution in [0.15, 0.2) is 27.6 Å². The fourth-order valence-electron chi connectivity index (χ4n) is 9.20. The molecule has 4 aliphatic carbocycles. The van der Waals surface area contributed by atoms with Gasteiger partial charge < -0.3 is 24.1 Å². The maximum Gasteiger partial charge on any atom is 0.335 e. The highest BCUT2D eigenvalue weighted by atomic mass is 16.7. The zero-order valence-corrected chi connectivity index (χ0v) is 19.4. The quantitative estimate of drug-likeness (QED) is 0.529. The molecule has 0 bridgehead atoms. The van der Waals surface area contributed by atoms with E-state index in [4.69, 9.17) is 13.9 Å². The second-order valence-electron chi connectivity index (χ2n) is 11.5. The van der Waals surface area contributed by atoms with E-state index < -0.39 is 17.3 Å². The number of aliphatic hydroxyl groups is 2. The van der Waals surface area contributed by atoms with E-state index >= 15 is 0 Å². The first-order chi connectivity index (χ1) is 15.8. The first-order valence-corrected chi connectivity index (χ1v) is 12.5. The first-order valence-electron chi connectivity index (χ1n) is 12.5. The summed E-state index contributed by atoms with van der Waals surface area (Å²) in [5.74, 6) is 0.510. The van der Waals surface area contributed by atoms with Gasteiger partial charge in [-0.1, -0.05) is 6.92 Å². The Balaban J connectivity index is 1.42. The van der Waals surface area contributed by atoms with Gasteiger partial charge in [0.1, 0.15) is 17.8 Å². The number of aliphatic hydroxyl groups excluding tert-OH is 2. The molecule has 1 aliphatic heterocycles. The second-order valence-corrected chi connectivity index (χ2v) is 11.5. The van der Waals surface area contributed by atoms with E-state index in [2.05, 4.69) is 6.92 Å². The smallest absolute Gasteiger partial charge is 0.335 e. The second kappa shape index (κ2) is 7.15. The Hall–Kier alpha value is -1.70. The molecule has 1 aromatic rings. The van der Waals surface area contributed by atoms with Crippen LogP contribution in [0.25, 0.3) is 0 Å². The largest absolute Gasteiger partial charge is 0.459 e. The molecule has 5 fully saturated rings. The summed E-state index contributed by atoms with van der Waals surface area (Å²) >= 11 is 0. The van der Waals surface area contributed by atoms with Gasteiger partial charge in [-0.2, -0.15) is 0 Å². The Morgan fingerprint density at radius 2 is 2.00 bits per heavy atom. The van der Waals surface area contributed by atoms with E-state index in [1.54, 1.807) is 6.07 Å². The van der Waals surface area contributed by atoms with Gasteiger partial charge in [-0.3, -0.25) is 4.79 Å².